The molecule has 1 aromatic rings. The number of benzene rings is 1. The van der Waals surface area contributed by atoms with Crippen molar-refractivity contribution < 1.29 is 24.6 Å². The number of barbiturate groups is 1. The minimum Gasteiger partial charge on any atom is -0.508 e. The van der Waals surface area contributed by atoms with E-state index in [2.05, 4.69) is 0 Å². The van der Waals surface area contributed by atoms with Crippen LogP contribution in [0.25, 0.3) is 0 Å². The Bertz CT molecular complexity index is 505. The first-order valence-corrected chi connectivity index (χ1v) is 4.64. The molecule has 1 saturated heterocycles. The first-order valence-electron chi connectivity index (χ1n) is 4.64. The summed E-state index contributed by atoms with van der Waals surface area (Å²) < 4.78 is 0. The van der Waals surface area contributed by atoms with E-state index in [1.165, 1.54) is 24.3 Å². The average Bonchev–Trinajstić information content (AvgIpc) is 2.26. The highest BCUT2D eigenvalue weighted by molar-refractivity contribution is 6.21. The van der Waals surface area contributed by atoms with Crippen molar-refractivity contribution >= 4 is 17.8 Å². The SMILES string of the molecule is O=C1NC(=O)C(O)(c2ccccc2O)C(=O)N1. The van der Waals surface area contributed by atoms with Gasteiger partial charge in [0, 0.05) is 5.56 Å². The van der Waals surface area contributed by atoms with Crippen LogP contribution in [0.3, 0.4) is 0 Å². The molecular formula is C10H8N2O5. The molecule has 0 bridgehead atoms. The lowest BCUT2D eigenvalue weighted by molar-refractivity contribution is -0.155. The molecule has 0 saturated carbocycles. The van der Waals surface area contributed by atoms with Crippen molar-refractivity contribution in [2.75, 3.05) is 0 Å². The summed E-state index contributed by atoms with van der Waals surface area (Å²) in [6, 6.07) is 4.31. The van der Waals surface area contributed by atoms with Crippen LogP contribution in [0.4, 0.5) is 4.79 Å². The van der Waals surface area contributed by atoms with Crippen molar-refractivity contribution in [3.63, 3.8) is 0 Å². The lowest BCUT2D eigenvalue weighted by Crippen LogP contribution is -2.64. The van der Waals surface area contributed by atoms with Gasteiger partial charge in [-0.1, -0.05) is 18.2 Å². The van der Waals surface area contributed by atoms with Gasteiger partial charge in [0.1, 0.15) is 5.75 Å². The fourth-order valence-corrected chi connectivity index (χ4v) is 1.55. The third kappa shape index (κ3) is 1.53. The number of nitrogens with one attached hydrogen (secondary N) is 2. The number of para-hydroxylation sites is 1. The standard InChI is InChI=1S/C10H8N2O5/c13-6-4-2-1-3-5(6)10(17)7(14)11-9(16)12-8(10)15/h1-4,13,17H,(H2,11,12,14,15,16). The molecule has 1 aliphatic heterocycles. The second kappa shape index (κ2) is 3.56. The number of urea groups is 1. The summed E-state index contributed by atoms with van der Waals surface area (Å²) in [5.41, 5.74) is -2.90. The number of amides is 4. The summed E-state index contributed by atoms with van der Waals surface area (Å²) in [4.78, 5) is 33.9. The van der Waals surface area contributed by atoms with Gasteiger partial charge in [0.25, 0.3) is 17.4 Å². The normalized spacial score (nSPS) is 18.5. The molecule has 4 N–H and O–H groups in total. The summed E-state index contributed by atoms with van der Waals surface area (Å²) in [6.45, 7) is 0. The van der Waals surface area contributed by atoms with Crippen molar-refractivity contribution in [2.24, 2.45) is 0 Å². The molecule has 0 spiro atoms. The van der Waals surface area contributed by atoms with Gasteiger partial charge in [-0.25, -0.2) is 4.79 Å². The number of rotatable bonds is 1. The van der Waals surface area contributed by atoms with E-state index >= 15 is 0 Å². The average molecular weight is 236 g/mol. The minimum atomic E-state index is -2.61. The second-order valence-corrected chi connectivity index (χ2v) is 3.46. The molecule has 0 aromatic heterocycles. The van der Waals surface area contributed by atoms with Crippen LogP contribution in [0, 0.1) is 0 Å². The Kier molecular flexibility index (Phi) is 2.32. The lowest BCUT2D eigenvalue weighted by atomic mass is 9.90. The van der Waals surface area contributed by atoms with Gasteiger partial charge in [-0.3, -0.25) is 20.2 Å². The van der Waals surface area contributed by atoms with Crippen LogP contribution in [0.2, 0.25) is 0 Å². The first kappa shape index (κ1) is 11.1. The van der Waals surface area contributed by atoms with E-state index in [1.807, 2.05) is 0 Å². The molecule has 1 fully saturated rings. The van der Waals surface area contributed by atoms with E-state index in [-0.39, 0.29) is 5.56 Å². The van der Waals surface area contributed by atoms with Crippen molar-refractivity contribution in [1.82, 2.24) is 10.6 Å². The molecular weight excluding hydrogens is 228 g/mol. The van der Waals surface area contributed by atoms with E-state index in [4.69, 9.17) is 0 Å². The highest BCUT2D eigenvalue weighted by Gasteiger charge is 2.51. The molecule has 4 amide bonds. The molecule has 7 nitrogen and oxygen atoms in total. The molecule has 0 radical (unpaired) electrons. The molecule has 88 valence electrons. The van der Waals surface area contributed by atoms with Crippen LogP contribution in [-0.2, 0) is 15.2 Å². The minimum absolute atomic E-state index is 0.289. The van der Waals surface area contributed by atoms with E-state index in [0.717, 1.165) is 0 Å². The van der Waals surface area contributed by atoms with Gasteiger partial charge in [-0.15, -0.1) is 0 Å². The maximum atomic E-state index is 11.5. The van der Waals surface area contributed by atoms with Gasteiger partial charge >= 0.3 is 6.03 Å². The van der Waals surface area contributed by atoms with Gasteiger partial charge in [0.05, 0.1) is 0 Å². The van der Waals surface area contributed by atoms with E-state index < -0.39 is 29.2 Å². The molecule has 1 heterocycles. The largest absolute Gasteiger partial charge is 0.508 e. The number of hydrogen-bond donors (Lipinski definition) is 4. The van der Waals surface area contributed by atoms with Crippen molar-refractivity contribution in [2.45, 2.75) is 5.60 Å². The summed E-state index contributed by atoms with van der Waals surface area (Å²) in [5, 5.41) is 23.1. The third-order valence-electron chi connectivity index (χ3n) is 2.41. The van der Waals surface area contributed by atoms with Crippen LogP contribution in [0.1, 0.15) is 5.56 Å². The lowest BCUT2D eigenvalue weighted by Gasteiger charge is -2.29. The summed E-state index contributed by atoms with van der Waals surface area (Å²) in [5.74, 6) is -2.82. The quantitative estimate of drug-likeness (QED) is 0.464. The molecule has 0 unspecified atom stereocenters. The molecule has 1 aromatic carbocycles. The Hall–Kier alpha value is -2.41. The van der Waals surface area contributed by atoms with E-state index in [0.29, 0.717) is 0 Å². The van der Waals surface area contributed by atoms with Gasteiger partial charge in [0.2, 0.25) is 0 Å². The van der Waals surface area contributed by atoms with Crippen molar-refractivity contribution in [3.8, 4) is 5.75 Å². The van der Waals surface area contributed by atoms with Gasteiger partial charge in [-0.2, -0.15) is 0 Å². The topological polar surface area (TPSA) is 116 Å². The summed E-state index contributed by atoms with van der Waals surface area (Å²) in [6.07, 6.45) is 0. The smallest absolute Gasteiger partial charge is 0.328 e. The third-order valence-corrected chi connectivity index (χ3v) is 2.41. The maximum Gasteiger partial charge on any atom is 0.328 e. The highest BCUT2D eigenvalue weighted by atomic mass is 16.3. The number of aromatic hydroxyl groups is 1. The predicted molar refractivity (Wildman–Crippen MR) is 53.7 cm³/mol. The number of aliphatic hydroxyl groups is 1. The molecule has 0 aliphatic carbocycles. The van der Waals surface area contributed by atoms with Gasteiger partial charge in [0.15, 0.2) is 0 Å². The zero-order valence-electron chi connectivity index (χ0n) is 8.43. The van der Waals surface area contributed by atoms with Crippen LogP contribution in [0.15, 0.2) is 24.3 Å². The molecule has 0 atom stereocenters. The zero-order chi connectivity index (χ0) is 12.6. The van der Waals surface area contributed by atoms with E-state index in [1.54, 1.807) is 10.6 Å². The van der Waals surface area contributed by atoms with Gasteiger partial charge < -0.3 is 10.2 Å². The van der Waals surface area contributed by atoms with Crippen LogP contribution in [0.5, 0.6) is 5.75 Å². The molecule has 7 heteroatoms. The monoisotopic (exact) mass is 236 g/mol. The second-order valence-electron chi connectivity index (χ2n) is 3.46. The van der Waals surface area contributed by atoms with Crippen LogP contribution >= 0.6 is 0 Å². The maximum absolute atomic E-state index is 11.5. The molecule has 2 rings (SSSR count). The molecule has 17 heavy (non-hydrogen) atoms. The van der Waals surface area contributed by atoms with Crippen LogP contribution < -0.4 is 10.6 Å². The Morgan fingerprint density at radius 1 is 1.00 bits per heavy atom. The van der Waals surface area contributed by atoms with Crippen LogP contribution in [-0.4, -0.2) is 28.1 Å². The Labute approximate surface area is 95.1 Å². The predicted octanol–water partition coefficient (Wildman–Crippen LogP) is -1.05. The summed E-state index contributed by atoms with van der Waals surface area (Å²) >= 11 is 0. The van der Waals surface area contributed by atoms with Gasteiger partial charge in [-0.05, 0) is 6.07 Å². The number of hydrogen-bond acceptors (Lipinski definition) is 5. The number of carbonyl (C=O) groups is 3. The Morgan fingerprint density at radius 3 is 2.06 bits per heavy atom. The number of phenolic OH excluding ortho intramolecular Hbond substituents is 1. The van der Waals surface area contributed by atoms with E-state index in [9.17, 15) is 24.6 Å². The van der Waals surface area contributed by atoms with Crippen molar-refractivity contribution in [1.29, 1.82) is 0 Å². The summed E-state index contributed by atoms with van der Waals surface area (Å²) in [7, 11) is 0. The Morgan fingerprint density at radius 2 is 1.53 bits per heavy atom. The number of phenols is 1. The fourth-order valence-electron chi connectivity index (χ4n) is 1.55. The first-order chi connectivity index (χ1) is 7.96. The van der Waals surface area contributed by atoms with Crippen molar-refractivity contribution in [3.05, 3.63) is 29.8 Å². The zero-order valence-corrected chi connectivity index (χ0v) is 8.43. The molecule has 1 aliphatic rings. The Balaban J connectivity index is 2.55. The number of carbonyl (C=O) groups excluding carboxylic acids is 3. The number of imide groups is 2. The highest BCUT2D eigenvalue weighted by Crippen LogP contribution is 2.30. The fraction of sp³-hybridized carbons (Fsp3) is 0.100.